The molecule has 0 aliphatic carbocycles. The van der Waals surface area contributed by atoms with Crippen LogP contribution in [0, 0.1) is 0 Å². The molecule has 3 N–H and O–H groups in total. The van der Waals surface area contributed by atoms with Crippen LogP contribution in [0.15, 0.2) is 17.2 Å². The van der Waals surface area contributed by atoms with Crippen LogP contribution in [0.5, 0.6) is 0 Å². The van der Waals surface area contributed by atoms with Gasteiger partial charge in [0.2, 0.25) is 10.0 Å². The lowest BCUT2D eigenvalue weighted by atomic mass is 10.3. The number of carboxylic acids is 1. The molecule has 0 radical (unpaired) electrons. The third kappa shape index (κ3) is 3.32. The summed E-state index contributed by atoms with van der Waals surface area (Å²) in [5, 5.41) is 10.9. The van der Waals surface area contributed by atoms with Crippen LogP contribution in [0.4, 0.5) is 0 Å². The fourth-order valence-electron chi connectivity index (χ4n) is 1.36. The minimum Gasteiger partial charge on any atom is -0.480 e. The molecule has 0 saturated heterocycles. The first-order chi connectivity index (χ1) is 8.69. The zero-order valence-corrected chi connectivity index (χ0v) is 11.5. The summed E-state index contributed by atoms with van der Waals surface area (Å²) in [6, 6.07) is 0.113. The van der Waals surface area contributed by atoms with E-state index in [0.717, 1.165) is 0 Å². The van der Waals surface area contributed by atoms with Crippen LogP contribution >= 0.6 is 0 Å². The van der Waals surface area contributed by atoms with Crippen molar-refractivity contribution in [1.82, 2.24) is 14.6 Å². The summed E-state index contributed by atoms with van der Waals surface area (Å²) in [4.78, 5) is 22.4. The summed E-state index contributed by atoms with van der Waals surface area (Å²) in [5.74, 6) is -1.83. The molecule has 0 saturated carbocycles. The van der Waals surface area contributed by atoms with Crippen molar-refractivity contribution in [3.05, 3.63) is 18.0 Å². The van der Waals surface area contributed by atoms with Gasteiger partial charge >= 0.3 is 5.97 Å². The van der Waals surface area contributed by atoms with Crippen LogP contribution in [0.25, 0.3) is 0 Å². The van der Waals surface area contributed by atoms with E-state index in [1.807, 2.05) is 0 Å². The molecule has 0 spiro atoms. The zero-order valence-electron chi connectivity index (χ0n) is 10.7. The Morgan fingerprint density at radius 1 is 1.42 bits per heavy atom. The van der Waals surface area contributed by atoms with Crippen molar-refractivity contribution in [2.75, 3.05) is 7.05 Å². The minimum atomic E-state index is -3.65. The Kier molecular flexibility index (Phi) is 4.32. The molecule has 0 unspecified atom stereocenters. The highest BCUT2D eigenvalue weighted by atomic mass is 32.2. The third-order valence-corrected chi connectivity index (χ3v) is 3.89. The van der Waals surface area contributed by atoms with E-state index < -0.39 is 27.9 Å². The molecule has 1 atom stereocenters. The molecule has 8 nitrogen and oxygen atoms in total. The predicted octanol–water partition coefficient (Wildman–Crippen LogP) is -0.864. The number of aliphatic carboxylic acids is 1. The molecular formula is C10H15N3O5S. The van der Waals surface area contributed by atoms with Crippen LogP contribution in [-0.4, -0.2) is 43.1 Å². The average molecular weight is 289 g/mol. The molecule has 0 aromatic carbocycles. The number of nitrogens with zero attached hydrogens (tertiary/aromatic N) is 1. The summed E-state index contributed by atoms with van der Waals surface area (Å²) in [5.41, 5.74) is 0.0573. The number of amides is 1. The van der Waals surface area contributed by atoms with Gasteiger partial charge in [-0.1, -0.05) is 0 Å². The number of hydrogen-bond donors (Lipinski definition) is 3. The summed E-state index contributed by atoms with van der Waals surface area (Å²) in [7, 11) is -0.892. The van der Waals surface area contributed by atoms with Gasteiger partial charge in [-0.25, -0.2) is 13.1 Å². The van der Waals surface area contributed by atoms with Gasteiger partial charge in [0.05, 0.1) is 0 Å². The van der Waals surface area contributed by atoms with Gasteiger partial charge in [-0.15, -0.1) is 0 Å². The van der Waals surface area contributed by atoms with E-state index >= 15 is 0 Å². The second-order valence-corrected chi connectivity index (χ2v) is 5.80. The fraction of sp³-hybridized carbons (Fsp3) is 0.400. The smallest absolute Gasteiger partial charge is 0.325 e. The molecule has 9 heteroatoms. The zero-order chi connectivity index (χ0) is 14.8. The SMILES string of the molecule is CNS(=O)(=O)c1cc(C(=O)N[C@@H](C)C(=O)O)n(C)c1. The van der Waals surface area contributed by atoms with Crippen molar-refractivity contribution in [1.29, 1.82) is 0 Å². The van der Waals surface area contributed by atoms with Crippen LogP contribution in [0.1, 0.15) is 17.4 Å². The largest absolute Gasteiger partial charge is 0.480 e. The molecule has 1 heterocycles. The molecule has 0 bridgehead atoms. The van der Waals surface area contributed by atoms with E-state index in [4.69, 9.17) is 5.11 Å². The van der Waals surface area contributed by atoms with Gasteiger partial charge < -0.3 is 15.0 Å². The summed E-state index contributed by atoms with van der Waals surface area (Å²) in [6.45, 7) is 1.31. The number of hydrogen-bond acceptors (Lipinski definition) is 4. The van der Waals surface area contributed by atoms with Crippen molar-refractivity contribution in [2.45, 2.75) is 17.9 Å². The molecular weight excluding hydrogens is 274 g/mol. The van der Waals surface area contributed by atoms with Gasteiger partial charge in [0.15, 0.2) is 0 Å². The highest BCUT2D eigenvalue weighted by Crippen LogP contribution is 2.13. The van der Waals surface area contributed by atoms with Gasteiger partial charge in [0, 0.05) is 13.2 Å². The highest BCUT2D eigenvalue weighted by molar-refractivity contribution is 7.89. The molecule has 0 fully saturated rings. The number of carbonyl (C=O) groups is 2. The van der Waals surface area contributed by atoms with Gasteiger partial charge in [0.25, 0.3) is 5.91 Å². The quantitative estimate of drug-likeness (QED) is 0.651. The van der Waals surface area contributed by atoms with Crippen LogP contribution < -0.4 is 10.0 Å². The Bertz CT molecular complexity index is 605. The number of rotatable bonds is 5. The van der Waals surface area contributed by atoms with Crippen molar-refractivity contribution >= 4 is 21.9 Å². The van der Waals surface area contributed by atoms with E-state index in [-0.39, 0.29) is 10.6 Å². The fourth-order valence-corrected chi connectivity index (χ4v) is 2.16. The Labute approximate surface area is 110 Å². The first-order valence-corrected chi connectivity index (χ1v) is 6.81. The van der Waals surface area contributed by atoms with Gasteiger partial charge in [-0.3, -0.25) is 9.59 Å². The summed E-state index contributed by atoms with van der Waals surface area (Å²) in [6.07, 6.45) is 1.27. The number of carbonyl (C=O) groups excluding carboxylic acids is 1. The molecule has 1 aromatic rings. The lowest BCUT2D eigenvalue weighted by molar-refractivity contribution is -0.138. The lowest BCUT2D eigenvalue weighted by Gasteiger charge is -2.09. The highest BCUT2D eigenvalue weighted by Gasteiger charge is 2.21. The lowest BCUT2D eigenvalue weighted by Crippen LogP contribution is -2.39. The Morgan fingerprint density at radius 2 is 2.00 bits per heavy atom. The van der Waals surface area contributed by atoms with Crippen LogP contribution in [0.3, 0.4) is 0 Å². The van der Waals surface area contributed by atoms with Gasteiger partial charge in [-0.2, -0.15) is 0 Å². The first kappa shape index (κ1) is 15.2. The molecule has 0 aliphatic heterocycles. The maximum atomic E-state index is 11.8. The normalized spacial score (nSPS) is 13.0. The van der Waals surface area contributed by atoms with Crippen molar-refractivity contribution < 1.29 is 23.1 Å². The maximum absolute atomic E-state index is 11.8. The second kappa shape index (κ2) is 5.41. The standard InChI is InChI=1S/C10H15N3O5S/c1-6(10(15)16)12-9(14)8-4-7(5-13(8)3)19(17,18)11-2/h4-6,11H,1-3H3,(H,12,14)(H,15,16)/t6-/m0/s1. The Hall–Kier alpha value is -1.87. The summed E-state index contributed by atoms with van der Waals surface area (Å²) >= 11 is 0. The number of aryl methyl sites for hydroxylation is 1. The molecule has 106 valence electrons. The van der Waals surface area contributed by atoms with Crippen molar-refractivity contribution in [3.63, 3.8) is 0 Å². The second-order valence-electron chi connectivity index (χ2n) is 3.91. The topological polar surface area (TPSA) is 118 Å². The Balaban J connectivity index is 3.03. The minimum absolute atomic E-state index is 0.0573. The number of sulfonamides is 1. The van der Waals surface area contributed by atoms with E-state index in [2.05, 4.69) is 10.0 Å². The Morgan fingerprint density at radius 3 is 2.47 bits per heavy atom. The first-order valence-electron chi connectivity index (χ1n) is 5.32. The summed E-state index contributed by atoms with van der Waals surface area (Å²) < 4.78 is 26.6. The predicted molar refractivity (Wildman–Crippen MR) is 66.2 cm³/mol. The molecule has 0 aliphatic rings. The number of carboxylic acid groups (broad SMARTS) is 1. The van der Waals surface area contributed by atoms with Gasteiger partial charge in [0.1, 0.15) is 16.6 Å². The number of aromatic nitrogens is 1. The molecule has 19 heavy (non-hydrogen) atoms. The maximum Gasteiger partial charge on any atom is 0.325 e. The number of nitrogens with one attached hydrogen (secondary N) is 2. The molecule has 1 amide bonds. The van der Waals surface area contributed by atoms with E-state index in [9.17, 15) is 18.0 Å². The van der Waals surface area contributed by atoms with Gasteiger partial charge in [-0.05, 0) is 20.0 Å². The van der Waals surface area contributed by atoms with Crippen molar-refractivity contribution in [2.24, 2.45) is 7.05 Å². The van der Waals surface area contributed by atoms with E-state index in [1.54, 1.807) is 0 Å². The van der Waals surface area contributed by atoms with Crippen molar-refractivity contribution in [3.8, 4) is 0 Å². The third-order valence-electron chi connectivity index (χ3n) is 2.51. The molecule has 1 aromatic heterocycles. The van der Waals surface area contributed by atoms with E-state index in [1.165, 1.54) is 37.8 Å². The average Bonchev–Trinajstić information content (AvgIpc) is 2.71. The van der Waals surface area contributed by atoms with E-state index in [0.29, 0.717) is 0 Å². The monoisotopic (exact) mass is 289 g/mol. The van der Waals surface area contributed by atoms with Crippen LogP contribution in [0.2, 0.25) is 0 Å². The molecule has 1 rings (SSSR count). The van der Waals surface area contributed by atoms with Crippen LogP contribution in [-0.2, 0) is 21.9 Å².